The van der Waals surface area contributed by atoms with Crippen LogP contribution in [0.1, 0.15) is 18.9 Å². The predicted molar refractivity (Wildman–Crippen MR) is 65.0 cm³/mol. The SMILES string of the molecule is Nc1c(I)cnn1C1CCCSC1. The molecule has 2 rings (SSSR count). The summed E-state index contributed by atoms with van der Waals surface area (Å²) in [4.78, 5) is 0. The van der Waals surface area contributed by atoms with Crippen molar-refractivity contribution in [1.29, 1.82) is 0 Å². The van der Waals surface area contributed by atoms with Crippen molar-refractivity contribution in [2.75, 3.05) is 17.2 Å². The van der Waals surface area contributed by atoms with Gasteiger partial charge >= 0.3 is 0 Å². The first-order chi connectivity index (χ1) is 6.29. The van der Waals surface area contributed by atoms with Crippen molar-refractivity contribution in [2.45, 2.75) is 18.9 Å². The van der Waals surface area contributed by atoms with Crippen LogP contribution in [0.5, 0.6) is 0 Å². The number of halogens is 1. The van der Waals surface area contributed by atoms with Crippen molar-refractivity contribution in [1.82, 2.24) is 9.78 Å². The van der Waals surface area contributed by atoms with Gasteiger partial charge in [0.15, 0.2) is 0 Å². The van der Waals surface area contributed by atoms with Crippen molar-refractivity contribution in [3.05, 3.63) is 9.77 Å². The minimum Gasteiger partial charge on any atom is -0.383 e. The van der Waals surface area contributed by atoms with Crippen LogP contribution in [0.15, 0.2) is 6.20 Å². The molecule has 2 N–H and O–H groups in total. The number of rotatable bonds is 1. The lowest BCUT2D eigenvalue weighted by Crippen LogP contribution is -2.19. The molecule has 0 amide bonds. The molecular weight excluding hydrogens is 297 g/mol. The summed E-state index contributed by atoms with van der Waals surface area (Å²) in [5, 5.41) is 4.31. The first-order valence-corrected chi connectivity index (χ1v) is 6.58. The highest BCUT2D eigenvalue weighted by Crippen LogP contribution is 2.29. The van der Waals surface area contributed by atoms with E-state index in [4.69, 9.17) is 5.73 Å². The highest BCUT2D eigenvalue weighted by molar-refractivity contribution is 14.1. The monoisotopic (exact) mass is 309 g/mol. The van der Waals surface area contributed by atoms with Gasteiger partial charge in [0.25, 0.3) is 0 Å². The van der Waals surface area contributed by atoms with Crippen molar-refractivity contribution >= 4 is 40.2 Å². The van der Waals surface area contributed by atoms with Gasteiger partial charge in [0.2, 0.25) is 0 Å². The van der Waals surface area contributed by atoms with Crippen LogP contribution in [0, 0.1) is 3.57 Å². The maximum Gasteiger partial charge on any atom is 0.135 e. The van der Waals surface area contributed by atoms with E-state index in [1.807, 2.05) is 22.6 Å². The quantitative estimate of drug-likeness (QED) is 0.808. The highest BCUT2D eigenvalue weighted by Gasteiger charge is 2.18. The summed E-state index contributed by atoms with van der Waals surface area (Å²) in [6.07, 6.45) is 4.34. The van der Waals surface area contributed by atoms with Gasteiger partial charge in [0.05, 0.1) is 15.8 Å². The number of aromatic nitrogens is 2. The minimum atomic E-state index is 0.516. The molecule has 0 aromatic carbocycles. The molecule has 0 radical (unpaired) electrons. The van der Waals surface area contributed by atoms with Crippen LogP contribution >= 0.6 is 34.4 Å². The van der Waals surface area contributed by atoms with Gasteiger partial charge in [0.1, 0.15) is 5.82 Å². The van der Waals surface area contributed by atoms with Gasteiger partial charge in [-0.15, -0.1) is 0 Å². The van der Waals surface area contributed by atoms with Crippen molar-refractivity contribution in [3.63, 3.8) is 0 Å². The summed E-state index contributed by atoms with van der Waals surface area (Å²) in [6, 6.07) is 0.516. The summed E-state index contributed by atoms with van der Waals surface area (Å²) in [7, 11) is 0. The number of thioether (sulfide) groups is 1. The highest BCUT2D eigenvalue weighted by atomic mass is 127. The largest absolute Gasteiger partial charge is 0.383 e. The van der Waals surface area contributed by atoms with Crippen LogP contribution in [-0.4, -0.2) is 21.3 Å². The van der Waals surface area contributed by atoms with Crippen LogP contribution in [0.3, 0.4) is 0 Å². The second kappa shape index (κ2) is 4.08. The van der Waals surface area contributed by atoms with E-state index < -0.39 is 0 Å². The molecule has 72 valence electrons. The van der Waals surface area contributed by atoms with Gasteiger partial charge in [-0.1, -0.05) is 0 Å². The number of hydrogen-bond acceptors (Lipinski definition) is 3. The van der Waals surface area contributed by atoms with Gasteiger partial charge in [-0.2, -0.15) is 16.9 Å². The Bertz CT molecular complexity index is 294. The topological polar surface area (TPSA) is 43.8 Å². The molecule has 5 heteroatoms. The molecule has 0 bridgehead atoms. The van der Waals surface area contributed by atoms with Crippen LogP contribution in [0.25, 0.3) is 0 Å². The molecule has 0 aliphatic carbocycles. The Hall–Kier alpha value is 0.0900. The van der Waals surface area contributed by atoms with Gasteiger partial charge in [-0.3, -0.25) is 0 Å². The Labute approximate surface area is 95.6 Å². The zero-order chi connectivity index (χ0) is 9.26. The second-order valence-electron chi connectivity index (χ2n) is 3.19. The van der Waals surface area contributed by atoms with E-state index in [2.05, 4.69) is 27.7 Å². The maximum atomic E-state index is 5.92. The lowest BCUT2D eigenvalue weighted by Gasteiger charge is -2.22. The summed E-state index contributed by atoms with van der Waals surface area (Å²) in [5.74, 6) is 3.27. The minimum absolute atomic E-state index is 0.516. The van der Waals surface area contributed by atoms with Crippen LogP contribution in [0.2, 0.25) is 0 Å². The fourth-order valence-corrected chi connectivity index (χ4v) is 3.05. The third-order valence-corrected chi connectivity index (χ3v) is 4.30. The zero-order valence-corrected chi connectivity index (χ0v) is 10.2. The fraction of sp³-hybridized carbons (Fsp3) is 0.625. The smallest absolute Gasteiger partial charge is 0.135 e. The van der Waals surface area contributed by atoms with Gasteiger partial charge < -0.3 is 5.73 Å². The Balaban J connectivity index is 2.18. The van der Waals surface area contributed by atoms with Crippen LogP contribution < -0.4 is 5.73 Å². The molecule has 1 saturated heterocycles. The van der Waals surface area contributed by atoms with Crippen molar-refractivity contribution in [2.24, 2.45) is 0 Å². The molecule has 1 aliphatic rings. The first kappa shape index (κ1) is 9.64. The second-order valence-corrected chi connectivity index (χ2v) is 5.51. The van der Waals surface area contributed by atoms with E-state index in [1.165, 1.54) is 18.6 Å². The van der Waals surface area contributed by atoms with Gasteiger partial charge in [-0.05, 0) is 41.2 Å². The van der Waals surface area contributed by atoms with Crippen LogP contribution in [-0.2, 0) is 0 Å². The number of nitrogen functional groups attached to an aromatic ring is 1. The molecule has 1 aromatic heterocycles. The first-order valence-electron chi connectivity index (χ1n) is 4.35. The lowest BCUT2D eigenvalue weighted by molar-refractivity contribution is 0.461. The Morgan fingerprint density at radius 2 is 2.54 bits per heavy atom. The normalized spacial score (nSPS) is 23.3. The van der Waals surface area contributed by atoms with E-state index in [0.717, 1.165) is 15.1 Å². The molecule has 0 saturated carbocycles. The fourth-order valence-electron chi connectivity index (χ4n) is 1.56. The number of nitrogens with two attached hydrogens (primary N) is 1. The molecular formula is C8H12IN3S. The van der Waals surface area contributed by atoms with E-state index >= 15 is 0 Å². The third kappa shape index (κ3) is 1.96. The molecule has 0 spiro atoms. The third-order valence-electron chi connectivity index (χ3n) is 2.27. The predicted octanol–water partition coefficient (Wildman–Crippen LogP) is 2.14. The molecule has 1 unspecified atom stereocenters. The van der Waals surface area contributed by atoms with Crippen LogP contribution in [0.4, 0.5) is 5.82 Å². The zero-order valence-electron chi connectivity index (χ0n) is 7.24. The summed E-state index contributed by atoms with van der Waals surface area (Å²) >= 11 is 4.22. The van der Waals surface area contributed by atoms with Crippen molar-refractivity contribution in [3.8, 4) is 0 Å². The molecule has 2 heterocycles. The molecule has 13 heavy (non-hydrogen) atoms. The Morgan fingerprint density at radius 3 is 3.08 bits per heavy atom. The van der Waals surface area contributed by atoms with E-state index in [0.29, 0.717) is 6.04 Å². The van der Waals surface area contributed by atoms with E-state index in [9.17, 15) is 0 Å². The molecule has 3 nitrogen and oxygen atoms in total. The standard InChI is InChI=1S/C8H12IN3S/c9-7-4-11-12(8(7)10)6-2-1-3-13-5-6/h4,6H,1-3,5,10H2. The average Bonchev–Trinajstić information content (AvgIpc) is 2.49. The Morgan fingerprint density at radius 1 is 1.69 bits per heavy atom. The average molecular weight is 309 g/mol. The summed E-state index contributed by atoms with van der Waals surface area (Å²) in [5.41, 5.74) is 5.92. The van der Waals surface area contributed by atoms with Crippen molar-refractivity contribution < 1.29 is 0 Å². The molecule has 1 fully saturated rings. The molecule has 1 atom stereocenters. The number of nitrogens with zero attached hydrogens (tertiary/aromatic N) is 2. The number of anilines is 1. The lowest BCUT2D eigenvalue weighted by atomic mass is 10.2. The van der Waals surface area contributed by atoms with E-state index in [1.54, 1.807) is 0 Å². The maximum absolute atomic E-state index is 5.92. The summed E-state index contributed by atoms with van der Waals surface area (Å²) < 4.78 is 3.04. The summed E-state index contributed by atoms with van der Waals surface area (Å²) in [6.45, 7) is 0. The van der Waals surface area contributed by atoms with E-state index in [-0.39, 0.29) is 0 Å². The molecule has 1 aliphatic heterocycles. The van der Waals surface area contributed by atoms with Gasteiger partial charge in [-0.25, -0.2) is 4.68 Å². The Kier molecular flexibility index (Phi) is 3.02. The van der Waals surface area contributed by atoms with Gasteiger partial charge in [0, 0.05) is 5.75 Å². The number of hydrogen-bond donors (Lipinski definition) is 1. The molecule has 1 aromatic rings.